The van der Waals surface area contributed by atoms with Gasteiger partial charge in [-0.1, -0.05) is 0 Å². The van der Waals surface area contributed by atoms with Crippen molar-refractivity contribution in [3.63, 3.8) is 0 Å². The molecule has 3 N–H and O–H groups in total. The molecule has 0 amide bonds. The number of nitrogens with zero attached hydrogens (tertiary/aromatic N) is 1. The molecule has 0 radical (unpaired) electrons. The summed E-state index contributed by atoms with van der Waals surface area (Å²) in [7, 11) is 0. The van der Waals surface area contributed by atoms with E-state index < -0.39 is 35.0 Å². The number of alkyl halides is 3. The third-order valence-corrected chi connectivity index (χ3v) is 3.43. The monoisotopic (exact) mass is 335 g/mol. The summed E-state index contributed by atoms with van der Waals surface area (Å²) < 4.78 is 44.2. The Balaban J connectivity index is 2.07. The Labute approximate surface area is 128 Å². The highest BCUT2D eigenvalue weighted by Crippen LogP contribution is 2.37. The van der Waals surface area contributed by atoms with Crippen LogP contribution >= 0.6 is 0 Å². The number of aromatic nitrogens is 2. The van der Waals surface area contributed by atoms with Crippen LogP contribution in [0.1, 0.15) is 24.8 Å². The molecule has 128 valence electrons. The van der Waals surface area contributed by atoms with Crippen molar-refractivity contribution in [3.05, 3.63) is 22.1 Å². The van der Waals surface area contributed by atoms with Gasteiger partial charge >= 0.3 is 12.1 Å². The predicted molar refractivity (Wildman–Crippen MR) is 73.1 cm³/mol. The van der Waals surface area contributed by atoms with Crippen LogP contribution in [0.4, 0.5) is 18.9 Å². The van der Waals surface area contributed by atoms with Gasteiger partial charge in [0.15, 0.2) is 0 Å². The van der Waals surface area contributed by atoms with Crippen molar-refractivity contribution < 1.29 is 27.8 Å². The lowest BCUT2D eigenvalue weighted by molar-refractivity contribution is -0.139. The second-order valence-electron chi connectivity index (χ2n) is 5.29. The Hall–Kier alpha value is -2.10. The third kappa shape index (κ3) is 4.95. The fraction of sp³-hybridized carbons (Fsp3) is 0.615. The number of aliphatic carboxylic acids is 1. The van der Waals surface area contributed by atoms with Crippen LogP contribution in [0, 0.1) is 5.92 Å². The van der Waals surface area contributed by atoms with E-state index in [9.17, 15) is 22.8 Å². The molecule has 23 heavy (non-hydrogen) atoms. The maximum atomic E-state index is 13.0. The molecular formula is C13H16F3N3O4. The third-order valence-electron chi connectivity index (χ3n) is 3.43. The van der Waals surface area contributed by atoms with Crippen LogP contribution in [-0.4, -0.2) is 40.5 Å². The molecule has 1 aromatic rings. The first-order chi connectivity index (χ1) is 10.8. The number of anilines is 1. The van der Waals surface area contributed by atoms with Gasteiger partial charge in [-0.25, -0.2) is 5.10 Å². The van der Waals surface area contributed by atoms with Crippen molar-refractivity contribution in [1.82, 2.24) is 10.2 Å². The molecule has 1 aliphatic carbocycles. The van der Waals surface area contributed by atoms with Gasteiger partial charge in [0, 0.05) is 0 Å². The minimum Gasteiger partial charge on any atom is -0.481 e. The molecule has 1 atom stereocenters. The molecule has 1 heterocycles. The van der Waals surface area contributed by atoms with Crippen molar-refractivity contribution >= 4 is 11.7 Å². The van der Waals surface area contributed by atoms with E-state index in [2.05, 4.69) is 10.4 Å². The highest BCUT2D eigenvalue weighted by Gasteiger charge is 2.39. The summed E-state index contributed by atoms with van der Waals surface area (Å²) in [4.78, 5) is 21.8. The van der Waals surface area contributed by atoms with Gasteiger partial charge in [0.25, 0.3) is 5.56 Å². The Bertz CT molecular complexity index is 613. The van der Waals surface area contributed by atoms with E-state index in [-0.39, 0.29) is 25.6 Å². The first-order valence-electron chi connectivity index (χ1n) is 7.00. The first-order valence-corrected chi connectivity index (χ1v) is 7.00. The van der Waals surface area contributed by atoms with E-state index in [0.717, 1.165) is 19.0 Å². The number of nitrogens with one attached hydrogen (secondary N) is 2. The highest BCUT2D eigenvalue weighted by atomic mass is 19.4. The van der Waals surface area contributed by atoms with Gasteiger partial charge in [0.2, 0.25) is 0 Å². The number of H-pyrrole nitrogens is 1. The number of halogens is 3. The number of carboxylic acid groups (broad SMARTS) is 1. The quantitative estimate of drug-likeness (QED) is 0.622. The summed E-state index contributed by atoms with van der Waals surface area (Å²) in [5.41, 5.74) is -3.05. The molecule has 10 heteroatoms. The molecule has 0 bridgehead atoms. The molecule has 1 aliphatic rings. The van der Waals surface area contributed by atoms with Crippen molar-refractivity contribution in [3.8, 4) is 0 Å². The van der Waals surface area contributed by atoms with E-state index in [4.69, 9.17) is 9.84 Å². The lowest BCUT2D eigenvalue weighted by atomic mass is 10.1. The Kier molecular flexibility index (Phi) is 5.24. The molecule has 7 nitrogen and oxygen atoms in total. The zero-order chi connectivity index (χ0) is 17.0. The summed E-state index contributed by atoms with van der Waals surface area (Å²) in [6.07, 6.45) is -2.42. The van der Waals surface area contributed by atoms with Gasteiger partial charge in [-0.15, -0.1) is 0 Å². The molecule has 0 saturated heterocycles. The summed E-state index contributed by atoms with van der Waals surface area (Å²) in [5, 5.41) is 16.4. The molecule has 1 unspecified atom stereocenters. The molecule has 0 aliphatic heterocycles. The average Bonchev–Trinajstić information content (AvgIpc) is 3.25. The summed E-state index contributed by atoms with van der Waals surface area (Å²) in [5.74, 6) is -0.890. The van der Waals surface area contributed by atoms with Crippen molar-refractivity contribution in [2.24, 2.45) is 5.92 Å². The second-order valence-corrected chi connectivity index (χ2v) is 5.29. The number of aromatic amines is 1. The number of ether oxygens (including phenoxy) is 1. The van der Waals surface area contributed by atoms with Gasteiger partial charge in [-0.05, 0) is 18.8 Å². The standard InChI is InChI=1S/C13H16F3N3O4/c14-13(15,16)11-8(5-17-19-12(11)22)18-9(7-1-2-7)6-23-4-3-10(20)21/h5,7,9H,1-4,6H2,(H,20,21)(H2,18,19,22). The van der Waals surface area contributed by atoms with Gasteiger partial charge in [-0.3, -0.25) is 9.59 Å². The first kappa shape index (κ1) is 17.3. The normalized spacial score (nSPS) is 16.1. The van der Waals surface area contributed by atoms with Crippen molar-refractivity contribution in [2.45, 2.75) is 31.5 Å². The highest BCUT2D eigenvalue weighted by molar-refractivity contribution is 5.66. The maximum Gasteiger partial charge on any atom is 0.423 e. The fourth-order valence-electron chi connectivity index (χ4n) is 2.15. The van der Waals surface area contributed by atoms with Crippen LogP contribution in [0.5, 0.6) is 0 Å². The van der Waals surface area contributed by atoms with E-state index in [1.165, 1.54) is 0 Å². The van der Waals surface area contributed by atoms with Gasteiger partial charge in [0.05, 0.1) is 37.6 Å². The maximum absolute atomic E-state index is 13.0. The van der Waals surface area contributed by atoms with Crippen LogP contribution < -0.4 is 10.9 Å². The number of rotatable bonds is 8. The Morgan fingerprint density at radius 2 is 2.22 bits per heavy atom. The van der Waals surface area contributed by atoms with Gasteiger partial charge < -0.3 is 15.2 Å². The van der Waals surface area contributed by atoms with Crippen LogP contribution in [-0.2, 0) is 15.7 Å². The van der Waals surface area contributed by atoms with Crippen LogP contribution in [0.15, 0.2) is 11.0 Å². The van der Waals surface area contributed by atoms with E-state index in [1.807, 2.05) is 0 Å². The minimum atomic E-state index is -4.81. The minimum absolute atomic E-state index is 0.0278. The zero-order valence-electron chi connectivity index (χ0n) is 12.0. The van der Waals surface area contributed by atoms with Gasteiger partial charge in [-0.2, -0.15) is 18.3 Å². The van der Waals surface area contributed by atoms with E-state index >= 15 is 0 Å². The number of hydrogen-bond acceptors (Lipinski definition) is 5. The molecule has 1 saturated carbocycles. The molecule has 2 rings (SSSR count). The zero-order valence-corrected chi connectivity index (χ0v) is 12.0. The lowest BCUT2D eigenvalue weighted by Gasteiger charge is -2.21. The van der Waals surface area contributed by atoms with E-state index in [0.29, 0.717) is 0 Å². The Morgan fingerprint density at radius 3 is 2.78 bits per heavy atom. The largest absolute Gasteiger partial charge is 0.481 e. The average molecular weight is 335 g/mol. The summed E-state index contributed by atoms with van der Waals surface area (Å²) >= 11 is 0. The molecule has 1 fully saturated rings. The SMILES string of the molecule is O=C(O)CCOCC(Nc1cn[nH]c(=O)c1C(F)(F)F)C1CC1. The summed E-state index contributed by atoms with van der Waals surface area (Å²) in [6.45, 7) is 0.0298. The van der Waals surface area contributed by atoms with Crippen LogP contribution in [0.3, 0.4) is 0 Å². The summed E-state index contributed by atoms with van der Waals surface area (Å²) in [6, 6.07) is -0.437. The van der Waals surface area contributed by atoms with E-state index in [1.54, 1.807) is 5.10 Å². The molecular weight excluding hydrogens is 319 g/mol. The Morgan fingerprint density at radius 1 is 1.52 bits per heavy atom. The smallest absolute Gasteiger partial charge is 0.423 e. The van der Waals surface area contributed by atoms with Crippen LogP contribution in [0.25, 0.3) is 0 Å². The lowest BCUT2D eigenvalue weighted by Crippen LogP contribution is -2.32. The molecule has 0 aromatic carbocycles. The topological polar surface area (TPSA) is 104 Å². The molecule has 1 aromatic heterocycles. The van der Waals surface area contributed by atoms with Gasteiger partial charge in [0.1, 0.15) is 5.56 Å². The van der Waals surface area contributed by atoms with Crippen LogP contribution in [0.2, 0.25) is 0 Å². The second kappa shape index (κ2) is 6.99. The predicted octanol–water partition coefficient (Wildman–Crippen LogP) is 1.47. The number of carbonyl (C=O) groups is 1. The fourth-order valence-corrected chi connectivity index (χ4v) is 2.15. The number of hydrogen-bond donors (Lipinski definition) is 3. The van der Waals surface area contributed by atoms with Crippen molar-refractivity contribution in [1.29, 1.82) is 0 Å². The number of carboxylic acids is 1. The van der Waals surface area contributed by atoms with Crippen molar-refractivity contribution in [2.75, 3.05) is 18.5 Å². The molecule has 0 spiro atoms.